The molecule has 0 aromatic rings. The van der Waals surface area contributed by atoms with Crippen molar-refractivity contribution in [3.05, 3.63) is 0 Å². The molecule has 1 aliphatic rings. The summed E-state index contributed by atoms with van der Waals surface area (Å²) in [4.78, 5) is 23.6. The molecule has 1 fully saturated rings. The molecule has 0 unspecified atom stereocenters. The minimum absolute atomic E-state index is 0.0557. The van der Waals surface area contributed by atoms with Crippen LogP contribution in [-0.2, 0) is 9.59 Å². The number of carboxylic acids is 1. The Balaban J connectivity index is 2.97. The average Bonchev–Trinajstić information content (AvgIpc) is 2.61. The standard InChI is InChI=1S/C13H21F3N2O3/c14-13(15,16)9-18(7-10(19)20)11(21)12(8-17)5-3-1-2-4-6-12/h1-9,17H2,(H,19,20). The second-order valence-corrected chi connectivity index (χ2v) is 5.57. The predicted octanol–water partition coefficient (Wildman–Crippen LogP) is 1.76. The maximum atomic E-state index is 12.6. The Kier molecular flexibility index (Phi) is 6.00. The third kappa shape index (κ3) is 5.18. The van der Waals surface area contributed by atoms with Crippen LogP contribution in [0, 0.1) is 5.41 Å². The van der Waals surface area contributed by atoms with Gasteiger partial charge in [0.25, 0.3) is 0 Å². The largest absolute Gasteiger partial charge is 0.480 e. The molecule has 0 aromatic heterocycles. The summed E-state index contributed by atoms with van der Waals surface area (Å²) >= 11 is 0. The van der Waals surface area contributed by atoms with Gasteiger partial charge in [-0.15, -0.1) is 0 Å². The number of aliphatic carboxylic acids is 1. The van der Waals surface area contributed by atoms with Gasteiger partial charge in [-0.05, 0) is 12.8 Å². The van der Waals surface area contributed by atoms with E-state index in [1.807, 2.05) is 0 Å². The number of nitrogens with two attached hydrogens (primary N) is 1. The summed E-state index contributed by atoms with van der Waals surface area (Å²) < 4.78 is 37.7. The molecule has 0 spiro atoms. The molecule has 0 aromatic carbocycles. The number of carbonyl (C=O) groups excluding carboxylic acids is 1. The van der Waals surface area contributed by atoms with Gasteiger partial charge < -0.3 is 15.7 Å². The first-order chi connectivity index (χ1) is 9.70. The summed E-state index contributed by atoms with van der Waals surface area (Å²) in [5.74, 6) is -2.25. The molecule has 0 atom stereocenters. The zero-order chi connectivity index (χ0) is 16.1. The molecule has 1 rings (SSSR count). The Morgan fingerprint density at radius 2 is 1.67 bits per heavy atom. The van der Waals surface area contributed by atoms with E-state index in [1.165, 1.54) is 0 Å². The molecule has 0 bridgehead atoms. The molecule has 1 saturated carbocycles. The monoisotopic (exact) mass is 310 g/mol. The van der Waals surface area contributed by atoms with Crippen molar-refractivity contribution in [2.45, 2.75) is 44.7 Å². The Hall–Kier alpha value is -1.31. The van der Waals surface area contributed by atoms with E-state index >= 15 is 0 Å². The van der Waals surface area contributed by atoms with Crippen molar-refractivity contribution < 1.29 is 27.9 Å². The topological polar surface area (TPSA) is 83.6 Å². The molecule has 0 saturated heterocycles. The number of carboxylic acid groups (broad SMARTS) is 1. The minimum Gasteiger partial charge on any atom is -0.480 e. The maximum absolute atomic E-state index is 12.6. The highest BCUT2D eigenvalue weighted by Crippen LogP contribution is 2.36. The molecular weight excluding hydrogens is 289 g/mol. The molecule has 0 radical (unpaired) electrons. The Bertz CT molecular complexity index is 377. The first-order valence-electron chi connectivity index (χ1n) is 6.98. The fraction of sp³-hybridized carbons (Fsp3) is 0.846. The molecule has 122 valence electrons. The van der Waals surface area contributed by atoms with Crippen LogP contribution < -0.4 is 5.73 Å². The molecule has 8 heteroatoms. The highest BCUT2D eigenvalue weighted by atomic mass is 19.4. The highest BCUT2D eigenvalue weighted by Gasteiger charge is 2.43. The number of amides is 1. The molecule has 5 nitrogen and oxygen atoms in total. The summed E-state index contributed by atoms with van der Waals surface area (Å²) in [5, 5.41) is 8.75. The van der Waals surface area contributed by atoms with Crippen LogP contribution in [0.4, 0.5) is 13.2 Å². The van der Waals surface area contributed by atoms with E-state index in [2.05, 4.69) is 0 Å². The predicted molar refractivity (Wildman–Crippen MR) is 69.5 cm³/mol. The molecule has 3 N–H and O–H groups in total. The molecule has 21 heavy (non-hydrogen) atoms. The van der Waals surface area contributed by atoms with Gasteiger partial charge in [0, 0.05) is 6.54 Å². The van der Waals surface area contributed by atoms with Crippen molar-refractivity contribution in [2.75, 3.05) is 19.6 Å². The summed E-state index contributed by atoms with van der Waals surface area (Å²) in [6.45, 7) is -2.57. The van der Waals surface area contributed by atoms with Crippen LogP contribution in [-0.4, -0.2) is 47.7 Å². The van der Waals surface area contributed by atoms with E-state index in [9.17, 15) is 22.8 Å². The van der Waals surface area contributed by atoms with E-state index in [0.29, 0.717) is 17.7 Å². The smallest absolute Gasteiger partial charge is 0.406 e. The molecule has 0 aliphatic heterocycles. The van der Waals surface area contributed by atoms with Crippen LogP contribution in [0.3, 0.4) is 0 Å². The van der Waals surface area contributed by atoms with E-state index < -0.39 is 36.6 Å². The number of hydrogen-bond donors (Lipinski definition) is 2. The number of halogens is 3. The lowest BCUT2D eigenvalue weighted by atomic mass is 9.79. The first-order valence-corrected chi connectivity index (χ1v) is 6.98. The zero-order valence-electron chi connectivity index (χ0n) is 11.8. The lowest BCUT2D eigenvalue weighted by Crippen LogP contribution is -2.52. The highest BCUT2D eigenvalue weighted by molar-refractivity contribution is 5.86. The summed E-state index contributed by atoms with van der Waals surface area (Å²) in [6, 6.07) is 0. The second kappa shape index (κ2) is 7.11. The average molecular weight is 310 g/mol. The minimum atomic E-state index is -4.63. The Morgan fingerprint density at radius 3 is 2.05 bits per heavy atom. The van der Waals surface area contributed by atoms with Crippen LogP contribution in [0.2, 0.25) is 0 Å². The van der Waals surface area contributed by atoms with Gasteiger partial charge in [-0.2, -0.15) is 13.2 Å². The molecule has 1 amide bonds. The fourth-order valence-corrected chi connectivity index (χ4v) is 2.83. The third-order valence-electron chi connectivity index (χ3n) is 3.89. The van der Waals surface area contributed by atoms with Gasteiger partial charge in [-0.25, -0.2) is 0 Å². The summed E-state index contributed by atoms with van der Waals surface area (Å²) in [5.41, 5.74) is 4.61. The zero-order valence-corrected chi connectivity index (χ0v) is 11.8. The van der Waals surface area contributed by atoms with Crippen molar-refractivity contribution in [1.29, 1.82) is 0 Å². The number of rotatable bonds is 5. The number of alkyl halides is 3. The normalized spacial score (nSPS) is 18.9. The van der Waals surface area contributed by atoms with Gasteiger partial charge in [-0.3, -0.25) is 9.59 Å². The summed E-state index contributed by atoms with van der Waals surface area (Å²) in [6.07, 6.45) is -0.551. The van der Waals surface area contributed by atoms with Crippen molar-refractivity contribution in [3.8, 4) is 0 Å². The van der Waals surface area contributed by atoms with E-state index in [1.54, 1.807) is 0 Å². The van der Waals surface area contributed by atoms with E-state index in [0.717, 1.165) is 25.7 Å². The third-order valence-corrected chi connectivity index (χ3v) is 3.89. The Labute approximate surface area is 121 Å². The SMILES string of the molecule is NCC1(C(=O)N(CC(=O)O)CC(F)(F)F)CCCCCC1. The number of nitrogens with zero attached hydrogens (tertiary/aromatic N) is 1. The molecular formula is C13H21F3N2O3. The lowest BCUT2D eigenvalue weighted by Gasteiger charge is -2.35. The molecule has 1 aliphatic carbocycles. The van der Waals surface area contributed by atoms with Crippen LogP contribution >= 0.6 is 0 Å². The van der Waals surface area contributed by atoms with Gasteiger partial charge in [-0.1, -0.05) is 25.7 Å². The van der Waals surface area contributed by atoms with Crippen LogP contribution in [0.5, 0.6) is 0 Å². The maximum Gasteiger partial charge on any atom is 0.406 e. The van der Waals surface area contributed by atoms with Crippen molar-refractivity contribution in [2.24, 2.45) is 11.1 Å². The van der Waals surface area contributed by atoms with Gasteiger partial charge in [0.05, 0.1) is 5.41 Å². The van der Waals surface area contributed by atoms with Crippen LogP contribution in [0.25, 0.3) is 0 Å². The van der Waals surface area contributed by atoms with Crippen molar-refractivity contribution in [1.82, 2.24) is 4.90 Å². The van der Waals surface area contributed by atoms with Gasteiger partial charge >= 0.3 is 12.1 Å². The quantitative estimate of drug-likeness (QED) is 0.758. The van der Waals surface area contributed by atoms with Gasteiger partial charge in [0.1, 0.15) is 13.1 Å². The number of carbonyl (C=O) groups is 2. The number of hydrogen-bond acceptors (Lipinski definition) is 3. The first kappa shape index (κ1) is 17.7. The van der Waals surface area contributed by atoms with Gasteiger partial charge in [0.15, 0.2) is 0 Å². The van der Waals surface area contributed by atoms with Crippen molar-refractivity contribution in [3.63, 3.8) is 0 Å². The Morgan fingerprint density at radius 1 is 1.14 bits per heavy atom. The van der Waals surface area contributed by atoms with Gasteiger partial charge in [0.2, 0.25) is 5.91 Å². The van der Waals surface area contributed by atoms with Crippen molar-refractivity contribution >= 4 is 11.9 Å². The lowest BCUT2D eigenvalue weighted by molar-refractivity contribution is -0.171. The fourth-order valence-electron chi connectivity index (χ4n) is 2.83. The van der Waals surface area contributed by atoms with E-state index in [4.69, 9.17) is 10.8 Å². The second-order valence-electron chi connectivity index (χ2n) is 5.57. The van der Waals surface area contributed by atoms with Crippen LogP contribution in [0.15, 0.2) is 0 Å². The molecule has 0 heterocycles. The van der Waals surface area contributed by atoms with Crippen LogP contribution in [0.1, 0.15) is 38.5 Å². The van der Waals surface area contributed by atoms with E-state index in [-0.39, 0.29) is 6.54 Å². The summed E-state index contributed by atoms with van der Waals surface area (Å²) in [7, 11) is 0.